The standard InChI is InChI=1S/C12H13Cl2N/c1-3-4-11(15-2)7-9-5-6-10(13)8-12(9)14/h1,5-6,8,11,15H,4,7H2,2H3. The van der Waals surface area contributed by atoms with Gasteiger partial charge < -0.3 is 5.32 Å². The molecule has 0 aliphatic carbocycles. The minimum absolute atomic E-state index is 0.258. The second-order valence-electron chi connectivity index (χ2n) is 3.33. The minimum Gasteiger partial charge on any atom is -0.316 e. The van der Waals surface area contributed by atoms with E-state index in [0.29, 0.717) is 16.5 Å². The molecule has 1 aromatic carbocycles. The average Bonchev–Trinajstić information content (AvgIpc) is 2.21. The van der Waals surface area contributed by atoms with Crippen molar-refractivity contribution in [1.29, 1.82) is 0 Å². The molecule has 3 heteroatoms. The number of terminal acetylenes is 1. The van der Waals surface area contributed by atoms with Crippen molar-refractivity contribution in [3.05, 3.63) is 33.8 Å². The lowest BCUT2D eigenvalue weighted by molar-refractivity contribution is 0.573. The lowest BCUT2D eigenvalue weighted by Crippen LogP contribution is -2.27. The summed E-state index contributed by atoms with van der Waals surface area (Å²) in [5.41, 5.74) is 1.07. The Morgan fingerprint density at radius 1 is 1.47 bits per heavy atom. The molecule has 0 bridgehead atoms. The van der Waals surface area contributed by atoms with Crippen molar-refractivity contribution < 1.29 is 0 Å². The fraction of sp³-hybridized carbons (Fsp3) is 0.333. The van der Waals surface area contributed by atoms with E-state index in [2.05, 4.69) is 11.2 Å². The quantitative estimate of drug-likeness (QED) is 0.800. The molecule has 0 amide bonds. The maximum Gasteiger partial charge on any atom is 0.0453 e. The summed E-state index contributed by atoms with van der Waals surface area (Å²) in [5.74, 6) is 2.64. The Balaban J connectivity index is 2.75. The molecule has 0 aliphatic heterocycles. The monoisotopic (exact) mass is 241 g/mol. The summed E-state index contributed by atoms with van der Waals surface area (Å²) < 4.78 is 0. The fourth-order valence-electron chi connectivity index (χ4n) is 1.37. The second kappa shape index (κ2) is 6.02. The molecular formula is C12H13Cl2N. The second-order valence-corrected chi connectivity index (χ2v) is 4.18. The average molecular weight is 242 g/mol. The van der Waals surface area contributed by atoms with Gasteiger partial charge in [-0.2, -0.15) is 0 Å². The topological polar surface area (TPSA) is 12.0 Å². The van der Waals surface area contributed by atoms with E-state index >= 15 is 0 Å². The van der Waals surface area contributed by atoms with Crippen LogP contribution in [-0.4, -0.2) is 13.1 Å². The molecule has 15 heavy (non-hydrogen) atoms. The summed E-state index contributed by atoms with van der Waals surface area (Å²) in [5, 5.41) is 4.51. The van der Waals surface area contributed by atoms with Crippen molar-refractivity contribution in [1.82, 2.24) is 5.32 Å². The summed E-state index contributed by atoms with van der Waals surface area (Å²) in [4.78, 5) is 0. The van der Waals surface area contributed by atoms with Crippen LogP contribution in [-0.2, 0) is 6.42 Å². The Morgan fingerprint density at radius 2 is 2.20 bits per heavy atom. The molecular weight excluding hydrogens is 229 g/mol. The Bertz CT molecular complexity index is 368. The largest absolute Gasteiger partial charge is 0.316 e. The predicted octanol–water partition coefficient (Wildman–Crippen LogP) is 3.15. The third kappa shape index (κ3) is 3.76. The predicted molar refractivity (Wildman–Crippen MR) is 66.5 cm³/mol. The smallest absolute Gasteiger partial charge is 0.0453 e. The molecule has 0 fully saturated rings. The Morgan fingerprint density at radius 3 is 2.73 bits per heavy atom. The van der Waals surface area contributed by atoms with Crippen molar-refractivity contribution in [2.24, 2.45) is 0 Å². The molecule has 0 aliphatic rings. The first-order valence-corrected chi connectivity index (χ1v) is 5.47. The van der Waals surface area contributed by atoms with Gasteiger partial charge in [0.05, 0.1) is 0 Å². The molecule has 0 aromatic heterocycles. The Hall–Kier alpha value is -0.680. The molecule has 0 radical (unpaired) electrons. The van der Waals surface area contributed by atoms with Crippen LogP contribution in [0.4, 0.5) is 0 Å². The van der Waals surface area contributed by atoms with Gasteiger partial charge in [0, 0.05) is 22.5 Å². The van der Waals surface area contributed by atoms with E-state index in [1.807, 2.05) is 19.2 Å². The molecule has 1 rings (SSSR count). The lowest BCUT2D eigenvalue weighted by Gasteiger charge is -2.14. The van der Waals surface area contributed by atoms with Gasteiger partial charge in [-0.05, 0) is 31.2 Å². The highest BCUT2D eigenvalue weighted by atomic mass is 35.5. The van der Waals surface area contributed by atoms with E-state index in [1.54, 1.807) is 6.07 Å². The van der Waals surface area contributed by atoms with Gasteiger partial charge in [-0.1, -0.05) is 29.3 Å². The molecule has 0 spiro atoms. The van der Waals surface area contributed by atoms with Gasteiger partial charge in [0.2, 0.25) is 0 Å². The molecule has 80 valence electrons. The Kier molecular flexibility index (Phi) is 4.98. The number of rotatable bonds is 4. The van der Waals surface area contributed by atoms with Crippen LogP contribution >= 0.6 is 23.2 Å². The maximum atomic E-state index is 6.07. The third-order valence-electron chi connectivity index (χ3n) is 2.25. The zero-order valence-electron chi connectivity index (χ0n) is 8.56. The number of hydrogen-bond donors (Lipinski definition) is 1. The van der Waals surface area contributed by atoms with Crippen LogP contribution < -0.4 is 5.32 Å². The highest BCUT2D eigenvalue weighted by Gasteiger charge is 2.08. The van der Waals surface area contributed by atoms with Crippen molar-refractivity contribution in [2.75, 3.05) is 7.05 Å². The first-order chi connectivity index (χ1) is 7.17. The zero-order chi connectivity index (χ0) is 11.3. The molecule has 0 saturated heterocycles. The van der Waals surface area contributed by atoms with Crippen LogP contribution in [0.3, 0.4) is 0 Å². The van der Waals surface area contributed by atoms with Crippen LogP contribution in [0.25, 0.3) is 0 Å². The summed E-state index contributed by atoms with van der Waals surface area (Å²) in [6.45, 7) is 0. The summed E-state index contributed by atoms with van der Waals surface area (Å²) >= 11 is 11.9. The van der Waals surface area contributed by atoms with E-state index < -0.39 is 0 Å². The van der Waals surface area contributed by atoms with E-state index in [9.17, 15) is 0 Å². The molecule has 1 N–H and O–H groups in total. The molecule has 1 atom stereocenters. The summed E-state index contributed by atoms with van der Waals surface area (Å²) in [6, 6.07) is 5.78. The van der Waals surface area contributed by atoms with Gasteiger partial charge in [0.15, 0.2) is 0 Å². The van der Waals surface area contributed by atoms with Crippen LogP contribution in [0.5, 0.6) is 0 Å². The molecule has 0 saturated carbocycles. The van der Waals surface area contributed by atoms with Gasteiger partial charge in [-0.25, -0.2) is 0 Å². The van der Waals surface area contributed by atoms with Gasteiger partial charge in [0.25, 0.3) is 0 Å². The number of benzene rings is 1. The highest BCUT2D eigenvalue weighted by Crippen LogP contribution is 2.22. The Labute approximate surface area is 101 Å². The van der Waals surface area contributed by atoms with Gasteiger partial charge in [-0.15, -0.1) is 12.3 Å². The first kappa shape index (κ1) is 12.4. The number of likely N-dealkylation sites (N-methyl/N-ethyl adjacent to an activating group) is 1. The first-order valence-electron chi connectivity index (χ1n) is 4.72. The summed E-state index contributed by atoms with van der Waals surface area (Å²) in [7, 11) is 1.89. The van der Waals surface area contributed by atoms with Crippen molar-refractivity contribution >= 4 is 23.2 Å². The van der Waals surface area contributed by atoms with Crippen LogP contribution in [0.1, 0.15) is 12.0 Å². The molecule has 1 unspecified atom stereocenters. The highest BCUT2D eigenvalue weighted by molar-refractivity contribution is 6.35. The van der Waals surface area contributed by atoms with Gasteiger partial charge >= 0.3 is 0 Å². The van der Waals surface area contributed by atoms with Crippen LogP contribution in [0.2, 0.25) is 10.0 Å². The molecule has 1 nitrogen and oxygen atoms in total. The fourth-order valence-corrected chi connectivity index (χ4v) is 1.86. The number of hydrogen-bond acceptors (Lipinski definition) is 1. The number of halogens is 2. The normalized spacial score (nSPS) is 12.1. The molecule has 0 heterocycles. The van der Waals surface area contributed by atoms with Crippen LogP contribution in [0.15, 0.2) is 18.2 Å². The van der Waals surface area contributed by atoms with Crippen molar-refractivity contribution in [3.8, 4) is 12.3 Å². The maximum absolute atomic E-state index is 6.07. The third-order valence-corrected chi connectivity index (χ3v) is 2.84. The number of nitrogens with one attached hydrogen (secondary N) is 1. The SMILES string of the molecule is C#CCC(Cc1ccc(Cl)cc1Cl)NC. The van der Waals surface area contributed by atoms with E-state index in [4.69, 9.17) is 29.6 Å². The molecule has 1 aromatic rings. The van der Waals surface area contributed by atoms with Crippen molar-refractivity contribution in [3.63, 3.8) is 0 Å². The van der Waals surface area contributed by atoms with E-state index in [0.717, 1.165) is 12.0 Å². The van der Waals surface area contributed by atoms with E-state index in [-0.39, 0.29) is 6.04 Å². The zero-order valence-corrected chi connectivity index (χ0v) is 10.1. The summed E-state index contributed by atoms with van der Waals surface area (Å²) in [6.07, 6.45) is 6.78. The van der Waals surface area contributed by atoms with Crippen LogP contribution in [0, 0.1) is 12.3 Å². The van der Waals surface area contributed by atoms with E-state index in [1.165, 1.54) is 0 Å². The lowest BCUT2D eigenvalue weighted by atomic mass is 10.0. The minimum atomic E-state index is 0.258. The van der Waals surface area contributed by atoms with Crippen molar-refractivity contribution in [2.45, 2.75) is 18.9 Å². The van der Waals surface area contributed by atoms with Gasteiger partial charge in [0.1, 0.15) is 0 Å². The van der Waals surface area contributed by atoms with Gasteiger partial charge in [-0.3, -0.25) is 0 Å².